The molecule has 0 aliphatic carbocycles. The third-order valence-corrected chi connectivity index (χ3v) is 7.00. The van der Waals surface area contributed by atoms with Crippen molar-refractivity contribution in [1.29, 1.82) is 0 Å². The van der Waals surface area contributed by atoms with Crippen LogP contribution in [0, 0.1) is 6.92 Å². The Kier molecular flexibility index (Phi) is 3.94. The molecule has 1 aliphatic rings. The van der Waals surface area contributed by atoms with E-state index in [4.69, 9.17) is 4.74 Å². The molecule has 3 aromatic heterocycles. The van der Waals surface area contributed by atoms with E-state index in [1.807, 2.05) is 41.8 Å². The first kappa shape index (κ1) is 17.9. The number of hydrogen-bond acceptors (Lipinski definition) is 6. The van der Waals surface area contributed by atoms with Crippen molar-refractivity contribution in [3.8, 4) is 5.69 Å². The third kappa shape index (κ3) is 2.55. The molecule has 0 radical (unpaired) electrons. The summed E-state index contributed by atoms with van der Waals surface area (Å²) in [6, 6.07) is 7.94. The molecule has 5 rings (SSSR count). The minimum Gasteiger partial charge on any atom is -0.370 e. The molecular weight excluding hydrogens is 392 g/mol. The van der Waals surface area contributed by atoms with Gasteiger partial charge in [-0.25, -0.2) is 8.97 Å². The van der Waals surface area contributed by atoms with Crippen molar-refractivity contribution in [2.75, 3.05) is 6.26 Å². The molecule has 1 aromatic carbocycles. The number of rotatable bonds is 2. The van der Waals surface area contributed by atoms with E-state index in [1.54, 1.807) is 15.9 Å². The number of aromatic nitrogens is 4. The number of hydrogen-bond donors (Lipinski definition) is 0. The second-order valence-corrected chi connectivity index (χ2v) is 9.56. The van der Waals surface area contributed by atoms with Gasteiger partial charge in [-0.05, 0) is 44.7 Å². The fourth-order valence-corrected chi connectivity index (χ4v) is 5.52. The van der Waals surface area contributed by atoms with Crippen LogP contribution in [-0.4, -0.2) is 31.0 Å². The van der Waals surface area contributed by atoms with Crippen LogP contribution in [0.15, 0.2) is 34.2 Å². The molecule has 0 fully saturated rings. The topological polar surface area (TPSA) is 61.4 Å². The highest BCUT2D eigenvalue weighted by Crippen LogP contribution is 2.38. The molecule has 0 amide bonds. The number of ether oxygens (including phenoxy) is 1. The summed E-state index contributed by atoms with van der Waals surface area (Å²) >= 11 is 3.14. The van der Waals surface area contributed by atoms with Crippen LogP contribution < -0.4 is 5.56 Å². The highest BCUT2D eigenvalue weighted by atomic mass is 32.2. The molecule has 0 spiro atoms. The van der Waals surface area contributed by atoms with Crippen LogP contribution in [0.3, 0.4) is 0 Å². The van der Waals surface area contributed by atoms with Gasteiger partial charge >= 0.3 is 0 Å². The standard InChI is InChI=1S/C20H20N4O2S2/c1-11-5-7-12(8-6-11)23-16(25)15-13-9-20(2,3)26-10-14(13)28-17(15)24-18(23)21-22-19(24)27-4/h5-8H,9-10H2,1-4H3. The Morgan fingerprint density at radius 1 is 1.21 bits per heavy atom. The van der Waals surface area contributed by atoms with Crippen LogP contribution in [0.2, 0.25) is 0 Å². The smallest absolute Gasteiger partial charge is 0.268 e. The van der Waals surface area contributed by atoms with Crippen LogP contribution >= 0.6 is 23.1 Å². The van der Waals surface area contributed by atoms with E-state index >= 15 is 0 Å². The van der Waals surface area contributed by atoms with Crippen molar-refractivity contribution in [2.24, 2.45) is 0 Å². The average Bonchev–Trinajstić information content (AvgIpc) is 3.23. The minimum atomic E-state index is -0.285. The summed E-state index contributed by atoms with van der Waals surface area (Å²) in [7, 11) is 0. The Labute approximate surface area is 170 Å². The fraction of sp³-hybridized carbons (Fsp3) is 0.350. The van der Waals surface area contributed by atoms with Gasteiger partial charge in [0.05, 0.1) is 23.3 Å². The number of nitrogens with zero attached hydrogens (tertiary/aromatic N) is 4. The van der Waals surface area contributed by atoms with E-state index in [2.05, 4.69) is 24.0 Å². The first-order chi connectivity index (χ1) is 13.4. The van der Waals surface area contributed by atoms with Gasteiger partial charge in [-0.15, -0.1) is 21.5 Å². The molecule has 8 heteroatoms. The van der Waals surface area contributed by atoms with E-state index in [0.29, 0.717) is 18.8 Å². The number of aryl methyl sites for hydroxylation is 1. The van der Waals surface area contributed by atoms with E-state index in [1.165, 1.54) is 11.8 Å². The molecule has 6 nitrogen and oxygen atoms in total. The highest BCUT2D eigenvalue weighted by Gasteiger charge is 2.32. The van der Waals surface area contributed by atoms with Crippen molar-refractivity contribution in [1.82, 2.24) is 19.2 Å². The third-order valence-electron chi connectivity index (χ3n) is 5.18. The van der Waals surface area contributed by atoms with Gasteiger partial charge in [0.2, 0.25) is 5.78 Å². The summed E-state index contributed by atoms with van der Waals surface area (Å²) in [5, 5.41) is 10.2. The van der Waals surface area contributed by atoms with Crippen molar-refractivity contribution >= 4 is 39.1 Å². The van der Waals surface area contributed by atoms with Gasteiger partial charge in [0.15, 0.2) is 5.16 Å². The highest BCUT2D eigenvalue weighted by molar-refractivity contribution is 7.98. The Morgan fingerprint density at radius 3 is 2.68 bits per heavy atom. The van der Waals surface area contributed by atoms with Crippen LogP contribution in [0.1, 0.15) is 29.9 Å². The summed E-state index contributed by atoms with van der Waals surface area (Å²) in [5.41, 5.74) is 2.72. The van der Waals surface area contributed by atoms with E-state index in [-0.39, 0.29) is 11.2 Å². The van der Waals surface area contributed by atoms with Gasteiger partial charge in [0.25, 0.3) is 5.56 Å². The second kappa shape index (κ2) is 6.17. The van der Waals surface area contributed by atoms with E-state index in [0.717, 1.165) is 37.1 Å². The van der Waals surface area contributed by atoms with Crippen molar-refractivity contribution in [3.05, 3.63) is 50.6 Å². The Hall–Kier alpha value is -2.16. The quantitative estimate of drug-likeness (QED) is 0.466. The molecule has 4 heterocycles. The van der Waals surface area contributed by atoms with Crippen LogP contribution in [0.4, 0.5) is 0 Å². The van der Waals surface area contributed by atoms with E-state index in [9.17, 15) is 4.79 Å². The molecule has 0 atom stereocenters. The lowest BCUT2D eigenvalue weighted by atomic mass is 9.94. The molecule has 0 bridgehead atoms. The average molecular weight is 413 g/mol. The molecule has 1 aliphatic heterocycles. The molecule has 0 unspecified atom stereocenters. The largest absolute Gasteiger partial charge is 0.370 e. The lowest BCUT2D eigenvalue weighted by Crippen LogP contribution is -2.32. The van der Waals surface area contributed by atoms with Crippen LogP contribution in [0.25, 0.3) is 21.7 Å². The van der Waals surface area contributed by atoms with Gasteiger partial charge in [-0.1, -0.05) is 29.5 Å². The minimum absolute atomic E-state index is 0.0402. The maximum atomic E-state index is 13.7. The fourth-order valence-electron chi connectivity index (χ4n) is 3.76. The molecular formula is C20H20N4O2S2. The molecule has 0 saturated carbocycles. The lowest BCUT2D eigenvalue weighted by Gasteiger charge is -2.29. The summed E-state index contributed by atoms with van der Waals surface area (Å²) in [6.45, 7) is 6.71. The van der Waals surface area contributed by atoms with E-state index < -0.39 is 0 Å². The molecule has 4 aromatic rings. The molecule has 0 N–H and O–H groups in total. The van der Waals surface area contributed by atoms with Gasteiger partial charge in [-0.2, -0.15) is 0 Å². The second-order valence-electron chi connectivity index (χ2n) is 7.71. The maximum absolute atomic E-state index is 13.7. The number of fused-ring (bicyclic) bond motifs is 5. The van der Waals surface area contributed by atoms with Gasteiger partial charge < -0.3 is 4.74 Å². The molecule has 28 heavy (non-hydrogen) atoms. The zero-order chi connectivity index (χ0) is 19.6. The SMILES string of the molecule is CSc1nnc2n(-c3ccc(C)cc3)c(=O)c3c4c(sc3n12)COC(C)(C)C4. The van der Waals surface area contributed by atoms with Gasteiger partial charge in [0.1, 0.15) is 4.83 Å². The summed E-state index contributed by atoms with van der Waals surface area (Å²) in [6.07, 6.45) is 2.69. The summed E-state index contributed by atoms with van der Waals surface area (Å²) in [4.78, 5) is 15.7. The number of thioether (sulfide) groups is 1. The lowest BCUT2D eigenvalue weighted by molar-refractivity contribution is -0.0379. The van der Waals surface area contributed by atoms with Gasteiger partial charge in [0, 0.05) is 11.3 Å². The van der Waals surface area contributed by atoms with Crippen molar-refractivity contribution in [3.63, 3.8) is 0 Å². The van der Waals surface area contributed by atoms with Crippen molar-refractivity contribution < 1.29 is 4.74 Å². The van der Waals surface area contributed by atoms with Crippen molar-refractivity contribution in [2.45, 2.75) is 44.6 Å². The number of benzene rings is 1. The zero-order valence-corrected chi connectivity index (χ0v) is 17.8. The van der Waals surface area contributed by atoms with Crippen LogP contribution in [-0.2, 0) is 17.8 Å². The predicted molar refractivity (Wildman–Crippen MR) is 113 cm³/mol. The summed E-state index contributed by atoms with van der Waals surface area (Å²) in [5.74, 6) is 0.546. The molecule has 0 saturated heterocycles. The first-order valence-electron chi connectivity index (χ1n) is 9.09. The van der Waals surface area contributed by atoms with Crippen LogP contribution in [0.5, 0.6) is 0 Å². The van der Waals surface area contributed by atoms with Gasteiger partial charge in [-0.3, -0.25) is 4.79 Å². The summed E-state index contributed by atoms with van der Waals surface area (Å²) < 4.78 is 9.69. The Bertz CT molecular complexity index is 1280. The Balaban J connectivity index is 1.94. The molecule has 144 valence electrons. The first-order valence-corrected chi connectivity index (χ1v) is 11.1. The predicted octanol–water partition coefficient (Wildman–Crippen LogP) is 3.98. The maximum Gasteiger partial charge on any atom is 0.268 e. The monoisotopic (exact) mass is 412 g/mol. The zero-order valence-electron chi connectivity index (χ0n) is 16.1. The normalized spacial score (nSPS) is 16.0. The number of thiophene rings is 1. The Morgan fingerprint density at radius 2 is 1.96 bits per heavy atom.